The summed E-state index contributed by atoms with van der Waals surface area (Å²) in [5.74, 6) is -2.42. The summed E-state index contributed by atoms with van der Waals surface area (Å²) in [7, 11) is 1.58. The van der Waals surface area contributed by atoms with E-state index in [2.05, 4.69) is 10.3 Å². The molecule has 0 saturated carbocycles. The molecule has 1 aromatic heterocycles. The van der Waals surface area contributed by atoms with E-state index in [1.54, 1.807) is 19.4 Å². The van der Waals surface area contributed by atoms with Gasteiger partial charge in [0, 0.05) is 37.3 Å². The summed E-state index contributed by atoms with van der Waals surface area (Å²) in [4.78, 5) is 41.2. The molecule has 1 aromatic carbocycles. The van der Waals surface area contributed by atoms with Crippen molar-refractivity contribution >= 4 is 17.8 Å². The van der Waals surface area contributed by atoms with Crippen molar-refractivity contribution in [2.75, 3.05) is 20.2 Å². The Balaban J connectivity index is 1.71. The molecule has 0 radical (unpaired) electrons. The molecular formula is C21H21N3O6. The number of aliphatic carboxylic acids is 1. The van der Waals surface area contributed by atoms with Crippen LogP contribution in [0.5, 0.6) is 5.75 Å². The van der Waals surface area contributed by atoms with Crippen molar-refractivity contribution in [1.29, 1.82) is 0 Å². The Morgan fingerprint density at radius 2 is 1.97 bits per heavy atom. The molecule has 0 saturated heterocycles. The van der Waals surface area contributed by atoms with Crippen LogP contribution >= 0.6 is 0 Å². The molecule has 0 bridgehead atoms. The predicted molar refractivity (Wildman–Crippen MR) is 107 cm³/mol. The van der Waals surface area contributed by atoms with Crippen molar-refractivity contribution in [2.24, 2.45) is 0 Å². The topological polar surface area (TPSA) is 129 Å². The molecule has 0 unspecified atom stereocenters. The number of aliphatic hydroxyl groups excluding tert-OH is 1. The fraction of sp³-hybridized carbons (Fsp3) is 0.238. The Bertz CT molecular complexity index is 1000. The number of pyridine rings is 1. The van der Waals surface area contributed by atoms with Gasteiger partial charge >= 0.3 is 5.97 Å². The van der Waals surface area contributed by atoms with Crippen LogP contribution in [0.2, 0.25) is 0 Å². The molecule has 9 nitrogen and oxygen atoms in total. The number of aromatic nitrogens is 1. The van der Waals surface area contributed by atoms with Crippen molar-refractivity contribution in [3.05, 3.63) is 59.5 Å². The highest BCUT2D eigenvalue weighted by molar-refractivity contribution is 6.19. The van der Waals surface area contributed by atoms with E-state index in [0.717, 1.165) is 16.8 Å². The van der Waals surface area contributed by atoms with Gasteiger partial charge in [-0.1, -0.05) is 24.3 Å². The molecule has 0 fully saturated rings. The number of carbonyl (C=O) groups excluding carboxylic acids is 2. The molecule has 0 atom stereocenters. The molecule has 0 aliphatic carbocycles. The van der Waals surface area contributed by atoms with E-state index in [9.17, 15) is 19.5 Å². The number of carbonyl (C=O) groups is 3. The monoisotopic (exact) mass is 411 g/mol. The lowest BCUT2D eigenvalue weighted by Gasteiger charge is -2.28. The number of methoxy groups -OCH3 is 1. The minimum Gasteiger partial charge on any atom is -0.511 e. The molecule has 2 aromatic rings. The molecular weight excluding hydrogens is 390 g/mol. The SMILES string of the molecule is COc1ccnc(-c2ccc(CN3CCC(O)=C(C(=O)NCC(=O)O)C3=O)cc2)c1. The second-order valence-corrected chi connectivity index (χ2v) is 6.65. The number of nitrogens with zero attached hydrogens (tertiary/aromatic N) is 2. The Morgan fingerprint density at radius 1 is 1.23 bits per heavy atom. The van der Waals surface area contributed by atoms with Crippen molar-refractivity contribution in [1.82, 2.24) is 15.2 Å². The first-order chi connectivity index (χ1) is 14.4. The van der Waals surface area contributed by atoms with Gasteiger partial charge < -0.3 is 25.2 Å². The average molecular weight is 411 g/mol. The van der Waals surface area contributed by atoms with Crippen LogP contribution in [-0.4, -0.2) is 58.1 Å². The zero-order chi connectivity index (χ0) is 21.7. The lowest BCUT2D eigenvalue weighted by Crippen LogP contribution is -2.43. The summed E-state index contributed by atoms with van der Waals surface area (Å²) >= 11 is 0. The molecule has 30 heavy (non-hydrogen) atoms. The van der Waals surface area contributed by atoms with E-state index in [1.165, 1.54) is 4.90 Å². The molecule has 156 valence electrons. The highest BCUT2D eigenvalue weighted by Crippen LogP contribution is 2.23. The summed E-state index contributed by atoms with van der Waals surface area (Å²) in [6.07, 6.45) is 1.78. The molecule has 1 aliphatic rings. The number of aliphatic hydroxyl groups is 1. The maximum absolute atomic E-state index is 12.7. The fourth-order valence-corrected chi connectivity index (χ4v) is 3.07. The van der Waals surface area contributed by atoms with E-state index in [-0.39, 0.29) is 25.3 Å². The second-order valence-electron chi connectivity index (χ2n) is 6.65. The lowest BCUT2D eigenvalue weighted by molar-refractivity contribution is -0.138. The number of amides is 2. The van der Waals surface area contributed by atoms with Gasteiger partial charge in [-0.3, -0.25) is 19.4 Å². The van der Waals surface area contributed by atoms with Crippen molar-refractivity contribution < 1.29 is 29.3 Å². The lowest BCUT2D eigenvalue weighted by atomic mass is 10.0. The molecule has 2 heterocycles. The van der Waals surface area contributed by atoms with Crippen LogP contribution in [0.4, 0.5) is 0 Å². The third kappa shape index (κ3) is 4.75. The van der Waals surface area contributed by atoms with Gasteiger partial charge in [-0.05, 0) is 11.6 Å². The van der Waals surface area contributed by atoms with Crippen molar-refractivity contribution in [3.8, 4) is 17.0 Å². The zero-order valence-corrected chi connectivity index (χ0v) is 16.3. The smallest absolute Gasteiger partial charge is 0.322 e. The van der Waals surface area contributed by atoms with Crippen LogP contribution in [0.3, 0.4) is 0 Å². The van der Waals surface area contributed by atoms with E-state index in [1.807, 2.05) is 30.3 Å². The molecule has 3 N–H and O–H groups in total. The first-order valence-electron chi connectivity index (χ1n) is 9.19. The van der Waals surface area contributed by atoms with Crippen molar-refractivity contribution in [3.63, 3.8) is 0 Å². The molecule has 2 amide bonds. The van der Waals surface area contributed by atoms with Gasteiger partial charge in [-0.2, -0.15) is 0 Å². The largest absolute Gasteiger partial charge is 0.511 e. The zero-order valence-electron chi connectivity index (χ0n) is 16.3. The maximum Gasteiger partial charge on any atom is 0.322 e. The van der Waals surface area contributed by atoms with Crippen LogP contribution in [-0.2, 0) is 20.9 Å². The highest BCUT2D eigenvalue weighted by atomic mass is 16.5. The Labute approximate surface area is 172 Å². The van der Waals surface area contributed by atoms with Gasteiger partial charge in [0.2, 0.25) is 0 Å². The van der Waals surface area contributed by atoms with Gasteiger partial charge in [0.25, 0.3) is 11.8 Å². The number of carboxylic acid groups (broad SMARTS) is 1. The van der Waals surface area contributed by atoms with E-state index >= 15 is 0 Å². The van der Waals surface area contributed by atoms with Gasteiger partial charge in [0.05, 0.1) is 12.8 Å². The van der Waals surface area contributed by atoms with Crippen LogP contribution in [0, 0.1) is 0 Å². The highest BCUT2D eigenvalue weighted by Gasteiger charge is 2.32. The van der Waals surface area contributed by atoms with Crippen LogP contribution in [0.25, 0.3) is 11.3 Å². The normalized spacial score (nSPS) is 13.9. The van der Waals surface area contributed by atoms with Crippen LogP contribution in [0.15, 0.2) is 53.9 Å². The molecule has 3 rings (SSSR count). The number of carboxylic acids is 1. The number of rotatable bonds is 7. The van der Waals surface area contributed by atoms with Gasteiger partial charge in [0.15, 0.2) is 0 Å². The van der Waals surface area contributed by atoms with Gasteiger partial charge in [0.1, 0.15) is 23.6 Å². The molecule has 9 heteroatoms. The third-order valence-corrected chi connectivity index (χ3v) is 4.63. The first kappa shape index (κ1) is 20.8. The number of nitrogens with one attached hydrogen (secondary N) is 1. The Kier molecular flexibility index (Phi) is 6.31. The summed E-state index contributed by atoms with van der Waals surface area (Å²) < 4.78 is 5.21. The minimum atomic E-state index is -1.24. The Morgan fingerprint density at radius 3 is 2.63 bits per heavy atom. The van der Waals surface area contributed by atoms with E-state index in [0.29, 0.717) is 5.75 Å². The number of hydrogen-bond donors (Lipinski definition) is 3. The minimum absolute atomic E-state index is 0.118. The fourth-order valence-electron chi connectivity index (χ4n) is 3.07. The number of benzene rings is 1. The Hall–Kier alpha value is -3.88. The van der Waals surface area contributed by atoms with Crippen LogP contribution < -0.4 is 10.1 Å². The van der Waals surface area contributed by atoms with E-state index in [4.69, 9.17) is 9.84 Å². The number of ether oxygens (including phenoxy) is 1. The third-order valence-electron chi connectivity index (χ3n) is 4.63. The summed E-state index contributed by atoms with van der Waals surface area (Å²) in [5, 5.41) is 20.8. The van der Waals surface area contributed by atoms with E-state index < -0.39 is 29.9 Å². The standard InChI is InChI=1S/C21H21N3O6/c1-30-15-6-8-22-16(10-15)14-4-2-13(3-5-14)12-24-9-7-17(25)19(21(24)29)20(28)23-11-18(26)27/h2-6,8,10,25H,7,9,11-12H2,1H3,(H,23,28)(H,26,27). The maximum atomic E-state index is 12.7. The molecule has 1 aliphatic heterocycles. The average Bonchev–Trinajstić information content (AvgIpc) is 2.75. The van der Waals surface area contributed by atoms with Gasteiger partial charge in [-0.15, -0.1) is 0 Å². The molecule has 0 spiro atoms. The quantitative estimate of drug-likeness (QED) is 0.589. The first-order valence-corrected chi connectivity index (χ1v) is 9.19. The number of hydrogen-bond acceptors (Lipinski definition) is 6. The second kappa shape index (κ2) is 9.08. The summed E-state index contributed by atoms with van der Waals surface area (Å²) in [6, 6.07) is 11.0. The van der Waals surface area contributed by atoms with Crippen LogP contribution in [0.1, 0.15) is 12.0 Å². The summed E-state index contributed by atoms with van der Waals surface area (Å²) in [6.45, 7) is -0.143. The van der Waals surface area contributed by atoms with Crippen molar-refractivity contribution in [2.45, 2.75) is 13.0 Å². The predicted octanol–water partition coefficient (Wildman–Crippen LogP) is 1.50. The van der Waals surface area contributed by atoms with Gasteiger partial charge in [-0.25, -0.2) is 0 Å². The summed E-state index contributed by atoms with van der Waals surface area (Å²) in [5.41, 5.74) is 2.05.